The largest absolute Gasteiger partial charge is 0.310 e. The minimum Gasteiger partial charge on any atom is -0.310 e. The van der Waals surface area contributed by atoms with Crippen LogP contribution in [0.1, 0.15) is 20.8 Å². The molecule has 0 aliphatic carbocycles. The third-order valence-electron chi connectivity index (χ3n) is 1.54. The van der Waals surface area contributed by atoms with Gasteiger partial charge in [-0.15, -0.1) is 11.8 Å². The van der Waals surface area contributed by atoms with E-state index >= 15 is 0 Å². The van der Waals surface area contributed by atoms with Gasteiger partial charge in [0, 0.05) is 10.8 Å². The van der Waals surface area contributed by atoms with Crippen LogP contribution >= 0.6 is 23.4 Å². The van der Waals surface area contributed by atoms with E-state index in [4.69, 9.17) is 11.6 Å². The van der Waals surface area contributed by atoms with Gasteiger partial charge in [-0.1, -0.05) is 32.4 Å². The second kappa shape index (κ2) is 5.50. The van der Waals surface area contributed by atoms with Gasteiger partial charge in [0.25, 0.3) is 0 Å². The maximum Gasteiger partial charge on any atom is 0.235 e. The van der Waals surface area contributed by atoms with Gasteiger partial charge < -0.3 is 5.32 Å². The van der Waals surface area contributed by atoms with Gasteiger partial charge in [-0.25, -0.2) is 9.97 Å². The van der Waals surface area contributed by atoms with E-state index in [0.29, 0.717) is 16.7 Å². The van der Waals surface area contributed by atoms with E-state index in [9.17, 15) is 4.79 Å². The van der Waals surface area contributed by atoms with E-state index in [2.05, 4.69) is 36.1 Å². The van der Waals surface area contributed by atoms with Crippen molar-refractivity contribution in [1.82, 2.24) is 9.97 Å². The molecule has 0 unspecified atom stereocenters. The smallest absolute Gasteiger partial charge is 0.235 e. The van der Waals surface area contributed by atoms with Crippen molar-refractivity contribution >= 4 is 35.1 Å². The summed E-state index contributed by atoms with van der Waals surface area (Å²) in [5, 5.41) is 2.97. The number of rotatable bonds is 3. The molecule has 0 radical (unpaired) electrons. The number of nitrogens with zero attached hydrogens (tertiary/aromatic N) is 2. The Hall–Kier alpha value is -0.810. The first-order valence-electron chi connectivity index (χ1n) is 4.78. The summed E-state index contributed by atoms with van der Waals surface area (Å²) >= 11 is 7.25. The van der Waals surface area contributed by atoms with Crippen LogP contribution in [0, 0.1) is 0 Å². The molecule has 16 heavy (non-hydrogen) atoms. The number of carbonyl (C=O) groups is 1. The lowest BCUT2D eigenvalue weighted by Crippen LogP contribution is -2.19. The predicted molar refractivity (Wildman–Crippen MR) is 67.9 cm³/mol. The Morgan fingerprint density at radius 3 is 2.75 bits per heavy atom. The molecule has 0 saturated carbocycles. The lowest BCUT2D eigenvalue weighted by Gasteiger charge is -2.16. The highest BCUT2D eigenvalue weighted by molar-refractivity contribution is 8.01. The summed E-state index contributed by atoms with van der Waals surface area (Å²) in [6.07, 6.45) is 1.31. The van der Waals surface area contributed by atoms with Crippen molar-refractivity contribution in [3.63, 3.8) is 0 Å². The minimum absolute atomic E-state index is 0.0701. The maximum atomic E-state index is 11.5. The van der Waals surface area contributed by atoms with E-state index in [0.717, 1.165) is 0 Å². The van der Waals surface area contributed by atoms with E-state index in [1.54, 1.807) is 11.8 Å². The second-order valence-corrected chi connectivity index (χ2v) is 6.36. The fourth-order valence-corrected chi connectivity index (χ4v) is 1.65. The zero-order valence-corrected chi connectivity index (χ0v) is 11.0. The Labute approximate surface area is 104 Å². The second-order valence-electron chi connectivity index (χ2n) is 4.18. The first kappa shape index (κ1) is 13.3. The number of carbonyl (C=O) groups excluding carboxylic acids is 1. The van der Waals surface area contributed by atoms with Crippen molar-refractivity contribution < 1.29 is 4.79 Å². The number of nitrogens with one attached hydrogen (secondary N) is 1. The van der Waals surface area contributed by atoms with Gasteiger partial charge in [0.05, 0.1) is 5.75 Å². The van der Waals surface area contributed by atoms with Crippen molar-refractivity contribution in [3.8, 4) is 0 Å². The average molecular weight is 260 g/mol. The van der Waals surface area contributed by atoms with Crippen molar-refractivity contribution in [3.05, 3.63) is 17.5 Å². The Morgan fingerprint density at radius 2 is 2.19 bits per heavy atom. The summed E-state index contributed by atoms with van der Waals surface area (Å²) in [6.45, 7) is 6.19. The summed E-state index contributed by atoms with van der Waals surface area (Å²) in [5.41, 5.74) is 0. The Morgan fingerprint density at radius 1 is 1.50 bits per heavy atom. The monoisotopic (exact) mass is 259 g/mol. The third kappa shape index (κ3) is 5.32. The molecule has 0 spiro atoms. The van der Waals surface area contributed by atoms with Crippen molar-refractivity contribution in [2.24, 2.45) is 0 Å². The molecular formula is C10H14ClN3OS. The standard InChI is InChI=1S/C10H14ClN3OS/c1-10(2,3)16-5-9(15)14-8-4-7(11)12-6-13-8/h4,6H,5H2,1-3H3,(H,12,13,14,15). The lowest BCUT2D eigenvalue weighted by molar-refractivity contribution is -0.113. The minimum atomic E-state index is -0.0882. The number of hydrogen-bond acceptors (Lipinski definition) is 4. The zero-order valence-electron chi connectivity index (χ0n) is 9.45. The molecule has 1 rings (SSSR count). The summed E-state index contributed by atoms with van der Waals surface area (Å²) in [6, 6.07) is 1.52. The predicted octanol–water partition coefficient (Wildman–Crippen LogP) is 2.60. The highest BCUT2D eigenvalue weighted by atomic mass is 35.5. The van der Waals surface area contributed by atoms with Crippen LogP contribution < -0.4 is 5.32 Å². The molecule has 1 N–H and O–H groups in total. The molecule has 6 heteroatoms. The molecule has 1 aromatic heterocycles. The van der Waals surface area contributed by atoms with Gasteiger partial charge in [0.2, 0.25) is 5.91 Å². The summed E-state index contributed by atoms with van der Waals surface area (Å²) < 4.78 is 0.0701. The first-order chi connectivity index (χ1) is 7.37. The van der Waals surface area contributed by atoms with Gasteiger partial charge in [0.15, 0.2) is 0 Å². The zero-order chi connectivity index (χ0) is 12.2. The summed E-state index contributed by atoms with van der Waals surface area (Å²) in [7, 11) is 0. The number of anilines is 1. The summed E-state index contributed by atoms with van der Waals surface area (Å²) in [5.74, 6) is 0.736. The topological polar surface area (TPSA) is 54.9 Å². The quantitative estimate of drug-likeness (QED) is 0.848. The van der Waals surface area contributed by atoms with Gasteiger partial charge in [0.1, 0.15) is 17.3 Å². The van der Waals surface area contributed by atoms with Crippen LogP contribution in [0.25, 0.3) is 0 Å². The maximum absolute atomic E-state index is 11.5. The molecule has 0 bridgehead atoms. The molecule has 0 aromatic carbocycles. The van der Waals surface area contributed by atoms with Crippen LogP contribution in [0.15, 0.2) is 12.4 Å². The number of hydrogen-bond donors (Lipinski definition) is 1. The molecule has 0 atom stereocenters. The lowest BCUT2D eigenvalue weighted by atomic mass is 10.3. The Balaban J connectivity index is 2.46. The van der Waals surface area contributed by atoms with Crippen LogP contribution in [-0.2, 0) is 4.79 Å². The SMILES string of the molecule is CC(C)(C)SCC(=O)Nc1cc(Cl)ncn1. The van der Waals surface area contributed by atoms with Gasteiger partial charge in [-0.05, 0) is 0 Å². The fourth-order valence-electron chi connectivity index (χ4n) is 0.863. The van der Waals surface area contributed by atoms with E-state index in [1.165, 1.54) is 12.4 Å². The van der Waals surface area contributed by atoms with Crippen LogP contribution in [0.4, 0.5) is 5.82 Å². The van der Waals surface area contributed by atoms with Crippen LogP contribution in [0.3, 0.4) is 0 Å². The molecule has 88 valence electrons. The Bertz CT molecular complexity index is 379. The molecule has 0 saturated heterocycles. The molecule has 1 amide bonds. The first-order valence-corrected chi connectivity index (χ1v) is 6.14. The van der Waals surface area contributed by atoms with Crippen LogP contribution in [0.5, 0.6) is 0 Å². The van der Waals surface area contributed by atoms with E-state index in [-0.39, 0.29) is 10.7 Å². The molecule has 0 aliphatic rings. The molecule has 1 aromatic rings. The van der Waals surface area contributed by atoms with Crippen molar-refractivity contribution in [1.29, 1.82) is 0 Å². The Kier molecular flexibility index (Phi) is 4.56. The molecule has 4 nitrogen and oxygen atoms in total. The molecule has 1 heterocycles. The number of halogens is 1. The van der Waals surface area contributed by atoms with Crippen LogP contribution in [0.2, 0.25) is 5.15 Å². The third-order valence-corrected chi connectivity index (χ3v) is 3.02. The number of aromatic nitrogens is 2. The highest BCUT2D eigenvalue weighted by Crippen LogP contribution is 2.22. The number of thioether (sulfide) groups is 1. The van der Waals surface area contributed by atoms with Crippen LogP contribution in [-0.4, -0.2) is 26.4 Å². The normalized spacial score (nSPS) is 11.2. The van der Waals surface area contributed by atoms with Gasteiger partial charge >= 0.3 is 0 Å². The molecule has 0 aliphatic heterocycles. The van der Waals surface area contributed by atoms with Crippen molar-refractivity contribution in [2.75, 3.05) is 11.1 Å². The van der Waals surface area contributed by atoms with E-state index < -0.39 is 0 Å². The number of amides is 1. The molecular weight excluding hydrogens is 246 g/mol. The summed E-state index contributed by atoms with van der Waals surface area (Å²) in [4.78, 5) is 19.2. The fraction of sp³-hybridized carbons (Fsp3) is 0.500. The van der Waals surface area contributed by atoms with Gasteiger partial charge in [-0.3, -0.25) is 4.79 Å². The van der Waals surface area contributed by atoms with Gasteiger partial charge in [-0.2, -0.15) is 0 Å². The van der Waals surface area contributed by atoms with Crippen molar-refractivity contribution in [2.45, 2.75) is 25.5 Å². The molecule has 0 fully saturated rings. The highest BCUT2D eigenvalue weighted by Gasteiger charge is 2.13. The van der Waals surface area contributed by atoms with E-state index in [1.807, 2.05) is 0 Å². The average Bonchev–Trinajstić information content (AvgIpc) is 2.14.